The minimum Gasteiger partial charge on any atom is -0.224 e. The van der Waals surface area contributed by atoms with Gasteiger partial charge in [0.15, 0.2) is 0 Å². The Hall–Kier alpha value is -0.340. The fraction of sp³-hybridized carbons (Fsp3) is 0.429. The molecule has 0 aromatic carbocycles. The zero-order chi connectivity index (χ0) is 8.27. The van der Waals surface area contributed by atoms with Gasteiger partial charge >= 0.3 is 0 Å². The first-order chi connectivity index (χ1) is 5.25. The summed E-state index contributed by atoms with van der Waals surface area (Å²) in [5.41, 5.74) is 0.846. The average molecular weight is 191 g/mol. The molecule has 11 heavy (non-hydrogen) atoms. The Morgan fingerprint density at radius 1 is 1.27 bits per heavy atom. The molecule has 0 bridgehead atoms. The van der Waals surface area contributed by atoms with Crippen LogP contribution in [-0.4, -0.2) is 9.97 Å². The zero-order valence-corrected chi connectivity index (χ0v) is 7.65. The van der Waals surface area contributed by atoms with Gasteiger partial charge in [0, 0.05) is 5.56 Å². The van der Waals surface area contributed by atoms with Crippen LogP contribution in [-0.2, 0) is 6.42 Å². The van der Waals surface area contributed by atoms with Crippen molar-refractivity contribution in [3.8, 4) is 0 Å². The molecule has 1 heterocycles. The molecular weight excluding hydrogens is 183 g/mol. The molecule has 0 saturated carbocycles. The normalized spacial score (nSPS) is 10.1. The second kappa shape index (κ2) is 3.88. The summed E-state index contributed by atoms with van der Waals surface area (Å²) in [6, 6.07) is 0. The van der Waals surface area contributed by atoms with E-state index in [0.29, 0.717) is 10.3 Å². The molecule has 0 fully saturated rings. The van der Waals surface area contributed by atoms with Gasteiger partial charge in [-0.2, -0.15) is 0 Å². The van der Waals surface area contributed by atoms with Crippen LogP contribution in [0.2, 0.25) is 10.3 Å². The maximum atomic E-state index is 5.77. The molecule has 0 amide bonds. The van der Waals surface area contributed by atoms with E-state index in [1.165, 1.54) is 6.33 Å². The molecule has 0 N–H and O–H groups in total. The van der Waals surface area contributed by atoms with E-state index in [0.717, 1.165) is 18.4 Å². The molecule has 0 aliphatic rings. The highest BCUT2D eigenvalue weighted by Gasteiger charge is 2.05. The number of hydrogen-bond donors (Lipinski definition) is 0. The highest BCUT2D eigenvalue weighted by atomic mass is 35.5. The Kier molecular flexibility index (Phi) is 3.09. The fourth-order valence-corrected chi connectivity index (χ4v) is 1.33. The first kappa shape index (κ1) is 8.75. The van der Waals surface area contributed by atoms with Gasteiger partial charge < -0.3 is 0 Å². The van der Waals surface area contributed by atoms with Gasteiger partial charge in [-0.1, -0.05) is 36.5 Å². The minimum absolute atomic E-state index is 0.465. The summed E-state index contributed by atoms with van der Waals surface area (Å²) in [5, 5.41) is 0.929. The van der Waals surface area contributed by atoms with Crippen LogP contribution in [0.15, 0.2) is 6.33 Å². The minimum atomic E-state index is 0.465. The Morgan fingerprint density at radius 3 is 2.27 bits per heavy atom. The fourth-order valence-electron chi connectivity index (χ4n) is 0.827. The molecule has 60 valence electrons. The lowest BCUT2D eigenvalue weighted by molar-refractivity contribution is 0.901. The number of rotatable bonds is 2. The number of halogens is 2. The van der Waals surface area contributed by atoms with Crippen LogP contribution in [0, 0.1) is 0 Å². The maximum Gasteiger partial charge on any atom is 0.137 e. The summed E-state index contributed by atoms with van der Waals surface area (Å²) in [7, 11) is 0. The summed E-state index contributed by atoms with van der Waals surface area (Å²) in [4.78, 5) is 7.66. The second-order valence-electron chi connectivity index (χ2n) is 2.18. The quantitative estimate of drug-likeness (QED) is 0.671. The van der Waals surface area contributed by atoms with Crippen molar-refractivity contribution in [2.45, 2.75) is 19.8 Å². The number of hydrogen-bond acceptors (Lipinski definition) is 2. The number of nitrogens with zero attached hydrogens (tertiary/aromatic N) is 2. The zero-order valence-electron chi connectivity index (χ0n) is 6.14. The standard InChI is InChI=1S/C7H8Cl2N2/c1-2-3-5-6(8)10-4-11-7(5)9/h4H,2-3H2,1H3. The van der Waals surface area contributed by atoms with Gasteiger partial charge in [-0.15, -0.1) is 0 Å². The van der Waals surface area contributed by atoms with Crippen LogP contribution in [0.1, 0.15) is 18.9 Å². The van der Waals surface area contributed by atoms with Gasteiger partial charge in [-0.25, -0.2) is 9.97 Å². The van der Waals surface area contributed by atoms with Gasteiger partial charge in [-0.3, -0.25) is 0 Å². The predicted octanol–water partition coefficient (Wildman–Crippen LogP) is 2.74. The third-order valence-corrected chi connectivity index (χ3v) is 1.99. The molecule has 0 radical (unpaired) electrons. The SMILES string of the molecule is CCCc1c(Cl)ncnc1Cl. The van der Waals surface area contributed by atoms with Crippen molar-refractivity contribution < 1.29 is 0 Å². The van der Waals surface area contributed by atoms with Crippen LogP contribution >= 0.6 is 23.2 Å². The van der Waals surface area contributed by atoms with Crippen molar-refractivity contribution in [1.29, 1.82) is 0 Å². The molecule has 0 spiro atoms. The molecular formula is C7H8Cl2N2. The highest BCUT2D eigenvalue weighted by Crippen LogP contribution is 2.20. The average Bonchev–Trinajstić information content (AvgIpc) is 1.97. The summed E-state index contributed by atoms with van der Waals surface area (Å²) >= 11 is 11.5. The van der Waals surface area contributed by atoms with Gasteiger partial charge in [0.1, 0.15) is 16.6 Å². The molecule has 1 aromatic rings. The Morgan fingerprint density at radius 2 is 1.82 bits per heavy atom. The van der Waals surface area contributed by atoms with E-state index >= 15 is 0 Å². The first-order valence-electron chi connectivity index (χ1n) is 3.40. The topological polar surface area (TPSA) is 25.8 Å². The molecule has 0 aliphatic heterocycles. The van der Waals surface area contributed by atoms with Crippen LogP contribution in [0.25, 0.3) is 0 Å². The molecule has 2 nitrogen and oxygen atoms in total. The molecule has 0 saturated heterocycles. The highest BCUT2D eigenvalue weighted by molar-refractivity contribution is 6.34. The first-order valence-corrected chi connectivity index (χ1v) is 4.16. The summed E-state index contributed by atoms with van der Waals surface area (Å²) < 4.78 is 0. The largest absolute Gasteiger partial charge is 0.224 e. The van der Waals surface area contributed by atoms with Crippen LogP contribution < -0.4 is 0 Å². The van der Waals surface area contributed by atoms with E-state index in [2.05, 4.69) is 16.9 Å². The molecule has 0 atom stereocenters. The van der Waals surface area contributed by atoms with E-state index in [9.17, 15) is 0 Å². The Bertz CT molecular complexity index is 230. The summed E-state index contributed by atoms with van der Waals surface area (Å²) in [6.07, 6.45) is 3.19. The third kappa shape index (κ3) is 2.04. The van der Waals surface area contributed by atoms with Crippen molar-refractivity contribution >= 4 is 23.2 Å². The van der Waals surface area contributed by atoms with Gasteiger partial charge in [0.25, 0.3) is 0 Å². The predicted molar refractivity (Wildman–Crippen MR) is 46.0 cm³/mol. The summed E-state index contributed by atoms with van der Waals surface area (Å²) in [5.74, 6) is 0. The summed E-state index contributed by atoms with van der Waals surface area (Å²) in [6.45, 7) is 2.06. The van der Waals surface area contributed by atoms with Crippen LogP contribution in [0.4, 0.5) is 0 Å². The number of aromatic nitrogens is 2. The monoisotopic (exact) mass is 190 g/mol. The van der Waals surface area contributed by atoms with Crippen LogP contribution in [0.3, 0.4) is 0 Å². The van der Waals surface area contributed by atoms with Gasteiger partial charge in [-0.05, 0) is 6.42 Å². The van der Waals surface area contributed by atoms with Crippen LogP contribution in [0.5, 0.6) is 0 Å². The van der Waals surface area contributed by atoms with Gasteiger partial charge in [0.05, 0.1) is 0 Å². The molecule has 1 rings (SSSR count). The van der Waals surface area contributed by atoms with E-state index in [4.69, 9.17) is 23.2 Å². The maximum absolute atomic E-state index is 5.77. The van der Waals surface area contributed by atoms with Crippen molar-refractivity contribution in [3.63, 3.8) is 0 Å². The lowest BCUT2D eigenvalue weighted by Crippen LogP contribution is -1.92. The second-order valence-corrected chi connectivity index (χ2v) is 2.90. The lowest BCUT2D eigenvalue weighted by atomic mass is 10.2. The smallest absolute Gasteiger partial charge is 0.137 e. The van der Waals surface area contributed by atoms with E-state index < -0.39 is 0 Å². The molecule has 4 heteroatoms. The van der Waals surface area contributed by atoms with Crippen molar-refractivity contribution in [2.75, 3.05) is 0 Å². The van der Waals surface area contributed by atoms with E-state index in [-0.39, 0.29) is 0 Å². The Labute approximate surface area is 75.6 Å². The van der Waals surface area contributed by atoms with Crippen molar-refractivity contribution in [2.24, 2.45) is 0 Å². The van der Waals surface area contributed by atoms with Crippen molar-refractivity contribution in [1.82, 2.24) is 9.97 Å². The third-order valence-electron chi connectivity index (χ3n) is 1.34. The van der Waals surface area contributed by atoms with E-state index in [1.807, 2.05) is 0 Å². The molecule has 0 unspecified atom stereocenters. The Balaban J connectivity index is 3.00. The lowest BCUT2D eigenvalue weighted by Gasteiger charge is -2.01. The van der Waals surface area contributed by atoms with E-state index in [1.54, 1.807) is 0 Å². The molecule has 1 aromatic heterocycles. The van der Waals surface area contributed by atoms with Gasteiger partial charge in [0.2, 0.25) is 0 Å². The van der Waals surface area contributed by atoms with Crippen molar-refractivity contribution in [3.05, 3.63) is 22.2 Å². The molecule has 0 aliphatic carbocycles.